The predicted octanol–water partition coefficient (Wildman–Crippen LogP) is 3.31. The fraction of sp³-hybridized carbons (Fsp3) is 0.231. The number of nitrogens with zero attached hydrogens (tertiary/aromatic N) is 2. The lowest BCUT2D eigenvalue weighted by Gasteiger charge is -2.08. The Hall–Kier alpha value is -1.88. The van der Waals surface area contributed by atoms with Crippen molar-refractivity contribution in [1.82, 2.24) is 9.97 Å². The molecule has 0 bridgehead atoms. The molecule has 1 heterocycles. The zero-order chi connectivity index (χ0) is 13.7. The van der Waals surface area contributed by atoms with Gasteiger partial charge in [0.25, 0.3) is 0 Å². The first-order valence-electron chi connectivity index (χ1n) is 5.93. The molecule has 0 aliphatic rings. The van der Waals surface area contributed by atoms with Crippen molar-refractivity contribution < 1.29 is 4.39 Å². The maximum atomic E-state index is 13.5. The van der Waals surface area contributed by atoms with E-state index in [0.717, 1.165) is 11.8 Å². The van der Waals surface area contributed by atoms with E-state index >= 15 is 0 Å². The third-order valence-electron chi connectivity index (χ3n) is 2.45. The Morgan fingerprint density at radius 3 is 2.63 bits per heavy atom. The van der Waals surface area contributed by atoms with E-state index in [9.17, 15) is 4.39 Å². The Kier molecular flexibility index (Phi) is 4.52. The normalized spacial score (nSPS) is 10.3. The molecule has 2 N–H and O–H groups in total. The third kappa shape index (κ3) is 3.79. The lowest BCUT2D eigenvalue weighted by molar-refractivity contribution is 0.617. The van der Waals surface area contributed by atoms with Gasteiger partial charge in [-0.2, -0.15) is 4.98 Å². The van der Waals surface area contributed by atoms with Crippen LogP contribution in [0.4, 0.5) is 16.2 Å². The SMILES string of the molecule is CCNc1ncc(F)c(NCc2ccc(Cl)cc2)n1. The third-order valence-corrected chi connectivity index (χ3v) is 2.70. The molecule has 2 rings (SSSR count). The van der Waals surface area contributed by atoms with Gasteiger partial charge >= 0.3 is 0 Å². The summed E-state index contributed by atoms with van der Waals surface area (Å²) < 4.78 is 13.5. The molecule has 1 aromatic heterocycles. The number of anilines is 2. The van der Waals surface area contributed by atoms with Crippen LogP contribution in [0.2, 0.25) is 5.02 Å². The number of benzene rings is 1. The molecule has 0 unspecified atom stereocenters. The highest BCUT2D eigenvalue weighted by atomic mass is 35.5. The molecule has 0 saturated heterocycles. The van der Waals surface area contributed by atoms with Crippen molar-refractivity contribution in [2.24, 2.45) is 0 Å². The van der Waals surface area contributed by atoms with E-state index in [-0.39, 0.29) is 5.82 Å². The van der Waals surface area contributed by atoms with Crippen LogP contribution in [-0.4, -0.2) is 16.5 Å². The van der Waals surface area contributed by atoms with Gasteiger partial charge in [0.1, 0.15) is 0 Å². The van der Waals surface area contributed by atoms with Gasteiger partial charge < -0.3 is 10.6 Å². The lowest BCUT2D eigenvalue weighted by Crippen LogP contribution is -2.08. The maximum Gasteiger partial charge on any atom is 0.224 e. The number of hydrogen-bond acceptors (Lipinski definition) is 4. The molecule has 0 aliphatic heterocycles. The molecular formula is C13H14ClFN4. The van der Waals surface area contributed by atoms with Crippen molar-refractivity contribution in [3.63, 3.8) is 0 Å². The zero-order valence-corrected chi connectivity index (χ0v) is 11.2. The minimum atomic E-state index is -0.476. The zero-order valence-electron chi connectivity index (χ0n) is 10.5. The van der Waals surface area contributed by atoms with Crippen LogP contribution in [0.25, 0.3) is 0 Å². The van der Waals surface area contributed by atoms with Crippen molar-refractivity contribution in [2.75, 3.05) is 17.2 Å². The summed E-state index contributed by atoms with van der Waals surface area (Å²) in [6.45, 7) is 3.08. The largest absolute Gasteiger partial charge is 0.363 e. The van der Waals surface area contributed by atoms with E-state index in [1.54, 1.807) is 12.1 Å². The highest BCUT2D eigenvalue weighted by Crippen LogP contribution is 2.14. The van der Waals surface area contributed by atoms with Crippen molar-refractivity contribution >= 4 is 23.4 Å². The molecule has 19 heavy (non-hydrogen) atoms. The van der Waals surface area contributed by atoms with Crippen LogP contribution in [0.3, 0.4) is 0 Å². The van der Waals surface area contributed by atoms with Crippen LogP contribution < -0.4 is 10.6 Å². The van der Waals surface area contributed by atoms with Gasteiger partial charge in [-0.1, -0.05) is 23.7 Å². The molecule has 6 heteroatoms. The molecule has 0 radical (unpaired) electrons. The standard InChI is InChI=1S/C13H14ClFN4/c1-2-16-13-18-8-11(15)12(19-13)17-7-9-3-5-10(14)6-4-9/h3-6,8H,2,7H2,1H3,(H2,16,17,18,19). The smallest absolute Gasteiger partial charge is 0.224 e. The monoisotopic (exact) mass is 280 g/mol. The topological polar surface area (TPSA) is 49.8 Å². The van der Waals surface area contributed by atoms with Gasteiger partial charge in [-0.05, 0) is 24.6 Å². The minimum Gasteiger partial charge on any atom is -0.363 e. The molecule has 100 valence electrons. The first-order valence-corrected chi connectivity index (χ1v) is 6.31. The summed E-state index contributed by atoms with van der Waals surface area (Å²) in [6, 6.07) is 7.33. The number of hydrogen-bond donors (Lipinski definition) is 2. The van der Waals surface area contributed by atoms with E-state index in [1.165, 1.54) is 0 Å². The first kappa shape index (κ1) is 13.5. The Morgan fingerprint density at radius 1 is 1.21 bits per heavy atom. The number of rotatable bonds is 5. The van der Waals surface area contributed by atoms with Gasteiger partial charge in [-0.3, -0.25) is 0 Å². The van der Waals surface area contributed by atoms with Crippen molar-refractivity contribution in [3.05, 3.63) is 46.9 Å². The van der Waals surface area contributed by atoms with E-state index < -0.39 is 5.82 Å². The first-order chi connectivity index (χ1) is 9.19. The fourth-order valence-corrected chi connectivity index (χ4v) is 1.65. The number of aromatic nitrogens is 2. The molecule has 2 aromatic rings. The minimum absolute atomic E-state index is 0.181. The average Bonchev–Trinajstić information content (AvgIpc) is 2.41. The van der Waals surface area contributed by atoms with E-state index in [0.29, 0.717) is 24.1 Å². The van der Waals surface area contributed by atoms with Crippen LogP contribution in [0.5, 0.6) is 0 Å². The Balaban J connectivity index is 2.05. The lowest BCUT2D eigenvalue weighted by atomic mass is 10.2. The maximum absolute atomic E-state index is 13.5. The number of nitrogens with one attached hydrogen (secondary N) is 2. The van der Waals surface area contributed by atoms with Crippen LogP contribution in [-0.2, 0) is 6.54 Å². The average molecular weight is 281 g/mol. The molecule has 4 nitrogen and oxygen atoms in total. The van der Waals surface area contributed by atoms with Crippen molar-refractivity contribution in [3.8, 4) is 0 Å². The van der Waals surface area contributed by atoms with Crippen LogP contribution in [0.15, 0.2) is 30.5 Å². The van der Waals surface area contributed by atoms with Gasteiger partial charge in [0.05, 0.1) is 6.20 Å². The summed E-state index contributed by atoms with van der Waals surface area (Å²) >= 11 is 5.80. The highest BCUT2D eigenvalue weighted by molar-refractivity contribution is 6.30. The Labute approximate surface area is 116 Å². The summed E-state index contributed by atoms with van der Waals surface area (Å²) in [5, 5.41) is 6.55. The number of halogens is 2. The molecular weight excluding hydrogens is 267 g/mol. The van der Waals surface area contributed by atoms with Gasteiger partial charge in [0.15, 0.2) is 11.6 Å². The summed E-state index contributed by atoms with van der Waals surface area (Å²) in [6.07, 6.45) is 1.15. The quantitative estimate of drug-likeness (QED) is 0.882. The Bertz CT molecular complexity index is 545. The molecule has 0 fully saturated rings. The van der Waals surface area contributed by atoms with Crippen LogP contribution >= 0.6 is 11.6 Å². The predicted molar refractivity (Wildman–Crippen MR) is 74.9 cm³/mol. The highest BCUT2D eigenvalue weighted by Gasteiger charge is 2.06. The van der Waals surface area contributed by atoms with Gasteiger partial charge in [-0.15, -0.1) is 0 Å². The summed E-state index contributed by atoms with van der Waals surface area (Å²) in [5.74, 6) is 0.110. The van der Waals surface area contributed by atoms with E-state index in [2.05, 4.69) is 20.6 Å². The summed E-state index contributed by atoms with van der Waals surface area (Å²) in [5.41, 5.74) is 0.993. The Morgan fingerprint density at radius 2 is 1.95 bits per heavy atom. The van der Waals surface area contributed by atoms with E-state index in [1.807, 2.05) is 19.1 Å². The second kappa shape index (κ2) is 6.33. The summed E-state index contributed by atoms with van der Waals surface area (Å²) in [4.78, 5) is 7.90. The molecule has 0 amide bonds. The molecule has 0 aliphatic carbocycles. The van der Waals surface area contributed by atoms with Gasteiger partial charge in [0, 0.05) is 18.1 Å². The molecule has 1 aromatic carbocycles. The van der Waals surface area contributed by atoms with Crippen molar-refractivity contribution in [2.45, 2.75) is 13.5 Å². The molecule has 0 atom stereocenters. The second-order valence-corrected chi connectivity index (χ2v) is 4.34. The van der Waals surface area contributed by atoms with Crippen LogP contribution in [0, 0.1) is 5.82 Å². The fourth-order valence-electron chi connectivity index (χ4n) is 1.52. The van der Waals surface area contributed by atoms with E-state index in [4.69, 9.17) is 11.6 Å². The molecule has 0 spiro atoms. The van der Waals surface area contributed by atoms with Crippen molar-refractivity contribution in [1.29, 1.82) is 0 Å². The van der Waals surface area contributed by atoms with Crippen LogP contribution in [0.1, 0.15) is 12.5 Å². The second-order valence-electron chi connectivity index (χ2n) is 3.90. The summed E-state index contributed by atoms with van der Waals surface area (Å²) in [7, 11) is 0. The molecule has 0 saturated carbocycles. The van der Waals surface area contributed by atoms with Gasteiger partial charge in [-0.25, -0.2) is 9.37 Å². The van der Waals surface area contributed by atoms with Gasteiger partial charge in [0.2, 0.25) is 5.95 Å².